The van der Waals surface area contributed by atoms with Gasteiger partial charge in [-0.1, -0.05) is 17.7 Å². The van der Waals surface area contributed by atoms with Gasteiger partial charge in [-0.2, -0.15) is 4.31 Å². The molecule has 7 nitrogen and oxygen atoms in total. The third-order valence-electron chi connectivity index (χ3n) is 3.33. The minimum Gasteiger partial charge on any atom is -0.443 e. The van der Waals surface area contributed by atoms with E-state index in [0.717, 1.165) is 20.5 Å². The van der Waals surface area contributed by atoms with Gasteiger partial charge in [0.2, 0.25) is 11.8 Å². The van der Waals surface area contributed by atoms with E-state index in [2.05, 4.69) is 10.3 Å². The summed E-state index contributed by atoms with van der Waals surface area (Å²) in [7, 11) is -2.41. The number of likely N-dealkylation sites (N-methyl/N-ethyl adjacent to an activating group) is 1. The molecule has 0 radical (unpaired) electrons. The van der Waals surface area contributed by atoms with Crippen molar-refractivity contribution in [2.75, 3.05) is 13.6 Å². The molecule has 0 aliphatic carbocycles. The van der Waals surface area contributed by atoms with E-state index in [0.29, 0.717) is 15.9 Å². The largest absolute Gasteiger partial charge is 0.443 e. The molecular weight excluding hydrogens is 418 g/mol. The van der Waals surface area contributed by atoms with Crippen LogP contribution in [0.25, 0.3) is 10.8 Å². The van der Waals surface area contributed by atoms with Crippen molar-refractivity contribution >= 4 is 50.2 Å². The fourth-order valence-corrected chi connectivity index (χ4v) is 5.50. The van der Waals surface area contributed by atoms with Crippen LogP contribution >= 0.6 is 34.3 Å². The number of carbonyl (C=O) groups is 1. The number of rotatable bonds is 7. The lowest BCUT2D eigenvalue weighted by molar-refractivity contribution is -0.121. The molecule has 3 aromatic rings. The van der Waals surface area contributed by atoms with Gasteiger partial charge < -0.3 is 9.73 Å². The first kappa shape index (κ1) is 19.1. The minimum absolute atomic E-state index is 0.0925. The van der Waals surface area contributed by atoms with Gasteiger partial charge in [0.1, 0.15) is 10.5 Å². The van der Waals surface area contributed by atoms with Crippen molar-refractivity contribution in [3.63, 3.8) is 0 Å². The Balaban J connectivity index is 1.55. The van der Waals surface area contributed by atoms with Crippen LogP contribution in [0.5, 0.6) is 0 Å². The Morgan fingerprint density at radius 2 is 2.19 bits per heavy atom. The highest BCUT2D eigenvalue weighted by molar-refractivity contribution is 7.91. The van der Waals surface area contributed by atoms with E-state index < -0.39 is 15.9 Å². The van der Waals surface area contributed by atoms with Crippen LogP contribution < -0.4 is 5.32 Å². The van der Waals surface area contributed by atoms with Gasteiger partial charge in [0.15, 0.2) is 0 Å². The molecule has 1 amide bonds. The molecule has 0 aliphatic rings. The second-order valence-corrected chi connectivity index (χ2v) is 10.2. The summed E-state index contributed by atoms with van der Waals surface area (Å²) in [6, 6.07) is 6.69. The summed E-state index contributed by atoms with van der Waals surface area (Å²) in [4.78, 5) is 17.2. The maximum absolute atomic E-state index is 12.4. The van der Waals surface area contributed by atoms with Crippen LogP contribution in [0.3, 0.4) is 0 Å². The number of carbonyl (C=O) groups excluding carboxylic acids is 1. The van der Waals surface area contributed by atoms with E-state index in [1.165, 1.54) is 36.8 Å². The molecule has 0 fully saturated rings. The van der Waals surface area contributed by atoms with Crippen molar-refractivity contribution in [2.45, 2.75) is 10.8 Å². The molecule has 3 rings (SSSR count). The molecule has 26 heavy (non-hydrogen) atoms. The molecule has 0 unspecified atom stereocenters. The number of nitrogens with one attached hydrogen (secondary N) is 1. The SMILES string of the molecule is CN(CC(=O)NCc1coc(-c2cccs2)n1)S(=O)(=O)c1ccc(Cl)s1. The number of thiophene rings is 2. The fourth-order valence-electron chi connectivity index (χ4n) is 2.02. The van der Waals surface area contributed by atoms with Crippen LogP contribution in [0.2, 0.25) is 4.34 Å². The molecule has 0 saturated heterocycles. The lowest BCUT2D eigenvalue weighted by atomic mass is 10.4. The first-order valence-corrected chi connectivity index (χ1v) is 10.8. The Bertz CT molecular complexity index is 995. The smallest absolute Gasteiger partial charge is 0.252 e. The number of sulfonamides is 1. The molecule has 0 aromatic carbocycles. The maximum atomic E-state index is 12.4. The lowest BCUT2D eigenvalue weighted by Crippen LogP contribution is -2.37. The van der Waals surface area contributed by atoms with Gasteiger partial charge in [-0.15, -0.1) is 22.7 Å². The second-order valence-electron chi connectivity index (χ2n) is 5.22. The van der Waals surface area contributed by atoms with Crippen LogP contribution in [0.4, 0.5) is 0 Å². The van der Waals surface area contributed by atoms with E-state index in [1.807, 2.05) is 17.5 Å². The Labute approximate surface area is 163 Å². The van der Waals surface area contributed by atoms with E-state index in [-0.39, 0.29) is 17.3 Å². The van der Waals surface area contributed by atoms with Gasteiger partial charge in [0.25, 0.3) is 10.0 Å². The third-order valence-corrected chi connectivity index (χ3v) is 7.69. The summed E-state index contributed by atoms with van der Waals surface area (Å²) >= 11 is 8.22. The molecule has 0 aliphatic heterocycles. The average molecular weight is 432 g/mol. The minimum atomic E-state index is -3.75. The van der Waals surface area contributed by atoms with Gasteiger partial charge in [-0.25, -0.2) is 13.4 Å². The molecule has 11 heteroatoms. The Morgan fingerprint density at radius 3 is 2.85 bits per heavy atom. The predicted molar refractivity (Wildman–Crippen MR) is 101 cm³/mol. The summed E-state index contributed by atoms with van der Waals surface area (Å²) in [5.74, 6) is 0.0397. The Hall–Kier alpha value is -1.72. The van der Waals surface area contributed by atoms with Gasteiger partial charge in [-0.3, -0.25) is 4.79 Å². The number of hydrogen-bond acceptors (Lipinski definition) is 7. The van der Waals surface area contributed by atoms with Crippen molar-refractivity contribution in [3.8, 4) is 10.8 Å². The molecule has 138 valence electrons. The van der Waals surface area contributed by atoms with Crippen molar-refractivity contribution in [1.29, 1.82) is 0 Å². The number of aromatic nitrogens is 1. The second kappa shape index (κ2) is 7.89. The third kappa shape index (κ3) is 4.33. The molecule has 0 bridgehead atoms. The zero-order valence-corrected chi connectivity index (χ0v) is 16.7. The van der Waals surface area contributed by atoms with Crippen molar-refractivity contribution < 1.29 is 17.6 Å². The highest BCUT2D eigenvalue weighted by atomic mass is 35.5. The predicted octanol–water partition coefficient (Wildman–Crippen LogP) is 3.05. The molecule has 0 saturated carbocycles. The normalized spacial score (nSPS) is 11.8. The highest BCUT2D eigenvalue weighted by Crippen LogP contribution is 2.27. The van der Waals surface area contributed by atoms with Crippen LogP contribution in [-0.4, -0.2) is 37.2 Å². The summed E-state index contributed by atoms with van der Waals surface area (Å²) < 4.78 is 31.5. The summed E-state index contributed by atoms with van der Waals surface area (Å²) in [6.45, 7) is -0.167. The van der Waals surface area contributed by atoms with Crippen molar-refractivity contribution in [3.05, 3.63) is 45.9 Å². The molecular formula is C15H14ClN3O4S3. The Morgan fingerprint density at radius 1 is 1.38 bits per heavy atom. The zero-order valence-electron chi connectivity index (χ0n) is 13.5. The van der Waals surface area contributed by atoms with Crippen LogP contribution in [0.15, 0.2) is 44.5 Å². The molecule has 0 spiro atoms. The lowest BCUT2D eigenvalue weighted by Gasteiger charge is -2.15. The van der Waals surface area contributed by atoms with Crippen LogP contribution in [0, 0.1) is 0 Å². The van der Waals surface area contributed by atoms with E-state index >= 15 is 0 Å². The topological polar surface area (TPSA) is 92.5 Å². The number of oxazole rings is 1. The van der Waals surface area contributed by atoms with Crippen molar-refractivity contribution in [1.82, 2.24) is 14.6 Å². The van der Waals surface area contributed by atoms with E-state index in [1.54, 1.807) is 0 Å². The molecule has 1 N–H and O–H groups in total. The van der Waals surface area contributed by atoms with Crippen molar-refractivity contribution in [2.24, 2.45) is 0 Å². The Kier molecular flexibility index (Phi) is 5.78. The highest BCUT2D eigenvalue weighted by Gasteiger charge is 2.24. The zero-order chi connectivity index (χ0) is 18.7. The molecule has 3 heterocycles. The first-order valence-electron chi connectivity index (χ1n) is 7.33. The average Bonchev–Trinajstić information content (AvgIpc) is 3.33. The van der Waals surface area contributed by atoms with Gasteiger partial charge in [-0.05, 0) is 23.6 Å². The number of hydrogen-bond donors (Lipinski definition) is 1. The monoisotopic (exact) mass is 431 g/mol. The van der Waals surface area contributed by atoms with Gasteiger partial charge in [0, 0.05) is 7.05 Å². The first-order chi connectivity index (χ1) is 12.4. The van der Waals surface area contributed by atoms with E-state index in [9.17, 15) is 13.2 Å². The van der Waals surface area contributed by atoms with Crippen LogP contribution in [0.1, 0.15) is 5.69 Å². The quantitative estimate of drug-likeness (QED) is 0.620. The molecule has 3 aromatic heterocycles. The summed E-state index contributed by atoms with van der Waals surface area (Å²) in [6.07, 6.45) is 1.46. The molecule has 0 atom stereocenters. The number of nitrogens with zero attached hydrogens (tertiary/aromatic N) is 2. The standard InChI is InChI=1S/C15H14ClN3O4S3/c1-19(26(21,22)14-5-4-12(16)25-14)8-13(20)17-7-10-9-23-15(18-10)11-3-2-6-24-11/h2-6,9H,7-8H2,1H3,(H,17,20). The fraction of sp³-hybridized carbons (Fsp3) is 0.200. The van der Waals surface area contributed by atoms with Crippen LogP contribution in [-0.2, 0) is 21.4 Å². The van der Waals surface area contributed by atoms with Gasteiger partial charge in [0.05, 0.1) is 28.0 Å². The van der Waals surface area contributed by atoms with Gasteiger partial charge >= 0.3 is 0 Å². The number of amides is 1. The maximum Gasteiger partial charge on any atom is 0.252 e. The summed E-state index contributed by atoms with van der Waals surface area (Å²) in [5, 5.41) is 4.55. The number of halogens is 1. The summed E-state index contributed by atoms with van der Waals surface area (Å²) in [5.41, 5.74) is 0.553. The van der Waals surface area contributed by atoms with E-state index in [4.69, 9.17) is 16.0 Å².